The van der Waals surface area contributed by atoms with Gasteiger partial charge in [-0.25, -0.2) is 4.39 Å². The molecule has 0 amide bonds. The van der Waals surface area contributed by atoms with Gasteiger partial charge in [0.1, 0.15) is 5.82 Å². The summed E-state index contributed by atoms with van der Waals surface area (Å²) in [5, 5.41) is 0. The van der Waals surface area contributed by atoms with Gasteiger partial charge in [-0.1, -0.05) is 12.1 Å². The van der Waals surface area contributed by atoms with Gasteiger partial charge in [0.05, 0.1) is 0 Å². The molecule has 0 aromatic heterocycles. The molecule has 92 valence electrons. The third-order valence-corrected chi connectivity index (χ3v) is 1.91. The quantitative estimate of drug-likeness (QED) is 0.595. The fourth-order valence-corrected chi connectivity index (χ4v) is 1.29. The summed E-state index contributed by atoms with van der Waals surface area (Å²) in [5.41, 5.74) is 0.707. The average Bonchev–Trinajstić information content (AvgIpc) is 2.19. The first-order chi connectivity index (χ1) is 7.97. The van der Waals surface area contributed by atoms with Gasteiger partial charge < -0.3 is 9.47 Å². The van der Waals surface area contributed by atoms with Crippen molar-refractivity contribution in [3.05, 3.63) is 35.6 Å². The van der Waals surface area contributed by atoms with E-state index in [9.17, 15) is 14.0 Å². The highest BCUT2D eigenvalue weighted by molar-refractivity contribution is 5.68. The molecule has 0 aliphatic rings. The lowest BCUT2D eigenvalue weighted by Crippen LogP contribution is -2.24. The Kier molecular flexibility index (Phi) is 4.63. The van der Waals surface area contributed by atoms with Crippen LogP contribution in [0.4, 0.5) is 4.39 Å². The lowest BCUT2D eigenvalue weighted by molar-refractivity contribution is -0.184. The van der Waals surface area contributed by atoms with Gasteiger partial charge >= 0.3 is 11.9 Å². The predicted molar refractivity (Wildman–Crippen MR) is 57.4 cm³/mol. The van der Waals surface area contributed by atoms with Crippen molar-refractivity contribution in [1.82, 2.24) is 0 Å². The van der Waals surface area contributed by atoms with Crippen molar-refractivity contribution in [2.45, 2.75) is 26.6 Å². The molecule has 0 saturated carbocycles. The van der Waals surface area contributed by atoms with E-state index in [1.807, 2.05) is 0 Å². The van der Waals surface area contributed by atoms with E-state index in [1.54, 1.807) is 0 Å². The zero-order chi connectivity index (χ0) is 12.8. The van der Waals surface area contributed by atoms with E-state index in [1.165, 1.54) is 38.1 Å². The highest BCUT2D eigenvalue weighted by atomic mass is 19.1. The van der Waals surface area contributed by atoms with Gasteiger partial charge in [0, 0.05) is 20.3 Å². The molecular weight excluding hydrogens is 227 g/mol. The Balaban J connectivity index is 2.67. The number of carbonyl (C=O) groups excluding carboxylic acids is 2. The Bertz CT molecular complexity index is 383. The minimum Gasteiger partial charge on any atom is -0.425 e. The predicted octanol–water partition coefficient (Wildman–Crippen LogP) is 1.82. The summed E-state index contributed by atoms with van der Waals surface area (Å²) in [6.07, 6.45) is -0.783. The maximum absolute atomic E-state index is 12.7. The van der Waals surface area contributed by atoms with Crippen molar-refractivity contribution in [3.8, 4) is 0 Å². The number of hydrogen-bond donors (Lipinski definition) is 0. The van der Waals surface area contributed by atoms with E-state index in [0.717, 1.165) is 0 Å². The molecule has 5 heteroatoms. The molecule has 0 aliphatic heterocycles. The Labute approximate surface area is 98.3 Å². The standard InChI is InChI=1S/C12H13FO4/c1-8(14)16-12(17-9(2)15)7-10-3-5-11(13)6-4-10/h3-6,12H,7H2,1-2H3. The third-order valence-electron chi connectivity index (χ3n) is 1.91. The lowest BCUT2D eigenvalue weighted by atomic mass is 10.1. The molecule has 0 unspecified atom stereocenters. The van der Waals surface area contributed by atoms with Crippen LogP contribution in [-0.2, 0) is 25.5 Å². The molecule has 0 spiro atoms. The van der Waals surface area contributed by atoms with Crippen LogP contribution in [0.2, 0.25) is 0 Å². The molecule has 0 bridgehead atoms. The van der Waals surface area contributed by atoms with Gasteiger partial charge in [0.25, 0.3) is 6.29 Å². The lowest BCUT2D eigenvalue weighted by Gasteiger charge is -2.16. The van der Waals surface area contributed by atoms with Crippen molar-refractivity contribution >= 4 is 11.9 Å². The van der Waals surface area contributed by atoms with Crippen LogP contribution in [0.5, 0.6) is 0 Å². The molecule has 0 atom stereocenters. The Morgan fingerprint density at radius 2 is 1.59 bits per heavy atom. The maximum atomic E-state index is 12.7. The first-order valence-corrected chi connectivity index (χ1v) is 5.06. The van der Waals surface area contributed by atoms with Crippen LogP contribution < -0.4 is 0 Å². The summed E-state index contributed by atoms with van der Waals surface area (Å²) in [6.45, 7) is 2.45. The minimum absolute atomic E-state index is 0.194. The van der Waals surface area contributed by atoms with Gasteiger partial charge in [-0.15, -0.1) is 0 Å². The van der Waals surface area contributed by atoms with Crippen molar-refractivity contribution in [3.63, 3.8) is 0 Å². The van der Waals surface area contributed by atoms with Crippen LogP contribution in [-0.4, -0.2) is 18.2 Å². The fraction of sp³-hybridized carbons (Fsp3) is 0.333. The first-order valence-electron chi connectivity index (χ1n) is 5.06. The molecule has 0 fully saturated rings. The summed E-state index contributed by atoms with van der Waals surface area (Å²) in [5.74, 6) is -1.44. The summed E-state index contributed by atoms with van der Waals surface area (Å²) in [7, 11) is 0. The monoisotopic (exact) mass is 240 g/mol. The van der Waals surface area contributed by atoms with E-state index in [4.69, 9.17) is 9.47 Å². The van der Waals surface area contributed by atoms with E-state index >= 15 is 0 Å². The van der Waals surface area contributed by atoms with Crippen molar-refractivity contribution in [1.29, 1.82) is 0 Å². The topological polar surface area (TPSA) is 52.6 Å². The molecule has 0 radical (unpaired) electrons. The summed E-state index contributed by atoms with van der Waals surface area (Å²) in [6, 6.07) is 5.65. The molecule has 1 rings (SSSR count). The van der Waals surface area contributed by atoms with Crippen LogP contribution >= 0.6 is 0 Å². The first kappa shape index (κ1) is 13.2. The zero-order valence-electron chi connectivity index (χ0n) is 9.60. The van der Waals surface area contributed by atoms with Gasteiger partial charge in [-0.05, 0) is 17.7 Å². The van der Waals surface area contributed by atoms with E-state index < -0.39 is 18.2 Å². The van der Waals surface area contributed by atoms with Crippen molar-refractivity contribution < 1.29 is 23.5 Å². The van der Waals surface area contributed by atoms with Crippen molar-refractivity contribution in [2.24, 2.45) is 0 Å². The highest BCUT2D eigenvalue weighted by Gasteiger charge is 2.15. The molecule has 0 aliphatic carbocycles. The second-order valence-corrected chi connectivity index (χ2v) is 3.48. The van der Waals surface area contributed by atoms with Gasteiger partial charge in [0.2, 0.25) is 0 Å². The number of halogens is 1. The highest BCUT2D eigenvalue weighted by Crippen LogP contribution is 2.09. The van der Waals surface area contributed by atoms with E-state index in [-0.39, 0.29) is 12.2 Å². The number of ether oxygens (including phenoxy) is 2. The number of esters is 2. The Morgan fingerprint density at radius 3 is 2.00 bits per heavy atom. The summed E-state index contributed by atoms with van der Waals surface area (Å²) < 4.78 is 22.3. The Hall–Kier alpha value is -1.91. The van der Waals surface area contributed by atoms with Crippen molar-refractivity contribution in [2.75, 3.05) is 0 Å². The maximum Gasteiger partial charge on any atom is 0.305 e. The molecule has 0 saturated heterocycles. The van der Waals surface area contributed by atoms with Gasteiger partial charge in [-0.3, -0.25) is 9.59 Å². The van der Waals surface area contributed by atoms with E-state index in [0.29, 0.717) is 5.56 Å². The van der Waals surface area contributed by atoms with Gasteiger partial charge in [0.15, 0.2) is 0 Å². The molecule has 1 aromatic rings. The SMILES string of the molecule is CC(=O)OC(Cc1ccc(F)cc1)OC(C)=O. The summed E-state index contributed by atoms with van der Waals surface area (Å²) >= 11 is 0. The van der Waals surface area contributed by atoms with E-state index in [2.05, 4.69) is 0 Å². The second kappa shape index (κ2) is 5.98. The van der Waals surface area contributed by atoms with Crippen LogP contribution in [0.3, 0.4) is 0 Å². The number of rotatable bonds is 4. The molecule has 0 heterocycles. The molecule has 17 heavy (non-hydrogen) atoms. The number of benzene rings is 1. The molecule has 0 N–H and O–H groups in total. The normalized spacial score (nSPS) is 10.1. The fourth-order valence-electron chi connectivity index (χ4n) is 1.29. The smallest absolute Gasteiger partial charge is 0.305 e. The van der Waals surface area contributed by atoms with Gasteiger partial charge in [-0.2, -0.15) is 0 Å². The van der Waals surface area contributed by atoms with Crippen LogP contribution in [0.1, 0.15) is 19.4 Å². The second-order valence-electron chi connectivity index (χ2n) is 3.48. The van der Waals surface area contributed by atoms with Crippen LogP contribution in [0.25, 0.3) is 0 Å². The largest absolute Gasteiger partial charge is 0.425 e. The summed E-state index contributed by atoms with van der Waals surface area (Å²) in [4.78, 5) is 21.6. The van der Waals surface area contributed by atoms with Crippen LogP contribution in [0, 0.1) is 5.82 Å². The number of carbonyl (C=O) groups is 2. The molecule has 1 aromatic carbocycles. The van der Waals surface area contributed by atoms with Crippen LogP contribution in [0.15, 0.2) is 24.3 Å². The third kappa shape index (κ3) is 5.10. The zero-order valence-corrected chi connectivity index (χ0v) is 9.60. The molecule has 4 nitrogen and oxygen atoms in total. The average molecular weight is 240 g/mol. The number of hydrogen-bond acceptors (Lipinski definition) is 4. The minimum atomic E-state index is -0.976. The Morgan fingerprint density at radius 1 is 1.12 bits per heavy atom. The molecular formula is C12H13FO4.